The standard InChI is InChI=1S/C28H30N2O4/c1-3-4-18-34-28(33)23-14-16-24(17-15-23)29-27(32)25(19-21-8-6-5-7-9-21)30-26(31)22-12-10-20(2)11-13-22/h5-17,25H,3-4,18-19H2,1-2H3,(H,29,32)(H,30,31). The number of anilines is 1. The minimum Gasteiger partial charge on any atom is -0.462 e. The smallest absolute Gasteiger partial charge is 0.338 e. The lowest BCUT2D eigenvalue weighted by Gasteiger charge is -2.19. The van der Waals surface area contributed by atoms with Crippen LogP contribution in [0.3, 0.4) is 0 Å². The van der Waals surface area contributed by atoms with Crippen LogP contribution >= 0.6 is 0 Å². The number of benzene rings is 3. The number of nitrogens with one attached hydrogen (secondary N) is 2. The summed E-state index contributed by atoms with van der Waals surface area (Å²) in [7, 11) is 0. The maximum absolute atomic E-state index is 13.1. The Morgan fingerprint density at radius 1 is 0.853 bits per heavy atom. The second-order valence-electron chi connectivity index (χ2n) is 8.14. The van der Waals surface area contributed by atoms with Gasteiger partial charge in [0.25, 0.3) is 5.91 Å². The highest BCUT2D eigenvalue weighted by Gasteiger charge is 2.22. The van der Waals surface area contributed by atoms with Crippen LogP contribution in [0.5, 0.6) is 0 Å². The van der Waals surface area contributed by atoms with Gasteiger partial charge in [-0.25, -0.2) is 4.79 Å². The summed E-state index contributed by atoms with van der Waals surface area (Å²) in [6.45, 7) is 4.36. The molecule has 0 aliphatic rings. The fourth-order valence-electron chi connectivity index (χ4n) is 3.32. The highest BCUT2D eigenvalue weighted by atomic mass is 16.5. The summed E-state index contributed by atoms with van der Waals surface area (Å²) in [6.07, 6.45) is 2.10. The van der Waals surface area contributed by atoms with Gasteiger partial charge in [-0.2, -0.15) is 0 Å². The number of carbonyl (C=O) groups is 3. The van der Waals surface area contributed by atoms with E-state index in [0.717, 1.165) is 24.0 Å². The second-order valence-corrected chi connectivity index (χ2v) is 8.14. The molecule has 1 atom stereocenters. The molecule has 34 heavy (non-hydrogen) atoms. The SMILES string of the molecule is CCCCOC(=O)c1ccc(NC(=O)C(Cc2ccccc2)NC(=O)c2ccc(C)cc2)cc1. The third-order valence-electron chi connectivity index (χ3n) is 5.34. The predicted molar refractivity (Wildman–Crippen MR) is 133 cm³/mol. The van der Waals surface area contributed by atoms with E-state index in [0.29, 0.717) is 29.8 Å². The van der Waals surface area contributed by atoms with Crippen molar-refractivity contribution in [3.63, 3.8) is 0 Å². The lowest BCUT2D eigenvalue weighted by atomic mass is 10.0. The molecule has 0 bridgehead atoms. The van der Waals surface area contributed by atoms with Crippen LogP contribution in [0.15, 0.2) is 78.9 Å². The van der Waals surface area contributed by atoms with Crippen LogP contribution in [-0.2, 0) is 16.0 Å². The second kappa shape index (κ2) is 12.3. The van der Waals surface area contributed by atoms with Crippen molar-refractivity contribution in [2.24, 2.45) is 0 Å². The average molecular weight is 459 g/mol. The Bertz CT molecular complexity index is 1090. The number of rotatable bonds is 10. The summed E-state index contributed by atoms with van der Waals surface area (Å²) in [4.78, 5) is 38.0. The number of hydrogen-bond donors (Lipinski definition) is 2. The molecule has 0 saturated carbocycles. The third kappa shape index (κ3) is 7.30. The van der Waals surface area contributed by atoms with E-state index in [-0.39, 0.29) is 11.8 Å². The van der Waals surface area contributed by atoms with Crippen molar-refractivity contribution in [3.8, 4) is 0 Å². The number of unbranched alkanes of at least 4 members (excludes halogenated alkanes) is 1. The third-order valence-corrected chi connectivity index (χ3v) is 5.34. The molecule has 3 rings (SSSR count). The normalized spacial score (nSPS) is 11.4. The summed E-state index contributed by atoms with van der Waals surface area (Å²) < 4.78 is 5.21. The molecule has 0 fully saturated rings. The molecule has 0 heterocycles. The van der Waals surface area contributed by atoms with Gasteiger partial charge in [-0.15, -0.1) is 0 Å². The zero-order chi connectivity index (χ0) is 24.3. The summed E-state index contributed by atoms with van der Waals surface area (Å²) in [5.74, 6) is -1.05. The number of hydrogen-bond acceptors (Lipinski definition) is 4. The topological polar surface area (TPSA) is 84.5 Å². The lowest BCUT2D eigenvalue weighted by Crippen LogP contribution is -2.45. The maximum atomic E-state index is 13.1. The highest BCUT2D eigenvalue weighted by molar-refractivity contribution is 6.01. The van der Waals surface area contributed by atoms with E-state index in [9.17, 15) is 14.4 Å². The predicted octanol–water partition coefficient (Wildman–Crippen LogP) is 4.93. The Morgan fingerprint density at radius 2 is 1.50 bits per heavy atom. The molecule has 1 unspecified atom stereocenters. The Kier molecular flexibility index (Phi) is 8.97. The van der Waals surface area contributed by atoms with E-state index >= 15 is 0 Å². The van der Waals surface area contributed by atoms with Gasteiger partial charge in [-0.1, -0.05) is 61.4 Å². The first kappa shape index (κ1) is 24.7. The molecule has 176 valence electrons. The van der Waals surface area contributed by atoms with Gasteiger partial charge in [0.15, 0.2) is 0 Å². The van der Waals surface area contributed by atoms with Crippen LogP contribution in [0.1, 0.15) is 51.6 Å². The molecule has 0 radical (unpaired) electrons. The van der Waals surface area contributed by atoms with E-state index in [1.807, 2.05) is 56.3 Å². The van der Waals surface area contributed by atoms with Crippen molar-refractivity contribution in [3.05, 3.63) is 101 Å². The van der Waals surface area contributed by atoms with Crippen LogP contribution in [0.25, 0.3) is 0 Å². The van der Waals surface area contributed by atoms with Crippen molar-refractivity contribution in [2.75, 3.05) is 11.9 Å². The van der Waals surface area contributed by atoms with Crippen molar-refractivity contribution in [1.82, 2.24) is 5.32 Å². The summed E-state index contributed by atoms with van der Waals surface area (Å²) in [5, 5.41) is 5.70. The summed E-state index contributed by atoms with van der Waals surface area (Å²) in [6, 6.07) is 22.4. The average Bonchev–Trinajstić information content (AvgIpc) is 2.85. The van der Waals surface area contributed by atoms with Gasteiger partial charge >= 0.3 is 5.97 Å². The van der Waals surface area contributed by atoms with E-state index < -0.39 is 12.0 Å². The molecule has 0 saturated heterocycles. The van der Waals surface area contributed by atoms with E-state index in [1.54, 1.807) is 36.4 Å². The molecule has 2 amide bonds. The minimum atomic E-state index is -0.783. The van der Waals surface area contributed by atoms with Crippen molar-refractivity contribution in [1.29, 1.82) is 0 Å². The lowest BCUT2D eigenvalue weighted by molar-refractivity contribution is -0.118. The molecule has 0 aromatic heterocycles. The van der Waals surface area contributed by atoms with Gasteiger partial charge in [0, 0.05) is 17.7 Å². The molecular weight excluding hydrogens is 428 g/mol. The molecule has 0 aliphatic heterocycles. The number of aryl methyl sites for hydroxylation is 1. The molecular formula is C28H30N2O4. The molecule has 0 spiro atoms. The largest absolute Gasteiger partial charge is 0.462 e. The monoisotopic (exact) mass is 458 g/mol. The van der Waals surface area contributed by atoms with Gasteiger partial charge in [0.1, 0.15) is 6.04 Å². The first-order valence-corrected chi connectivity index (χ1v) is 11.5. The maximum Gasteiger partial charge on any atom is 0.338 e. The van der Waals surface area contributed by atoms with Gasteiger partial charge in [-0.3, -0.25) is 9.59 Å². The van der Waals surface area contributed by atoms with Crippen molar-refractivity contribution >= 4 is 23.5 Å². The zero-order valence-corrected chi connectivity index (χ0v) is 19.5. The number of ether oxygens (including phenoxy) is 1. The van der Waals surface area contributed by atoms with Gasteiger partial charge in [-0.05, 0) is 55.3 Å². The van der Waals surface area contributed by atoms with E-state index in [1.165, 1.54) is 0 Å². The summed E-state index contributed by atoms with van der Waals surface area (Å²) >= 11 is 0. The van der Waals surface area contributed by atoms with Crippen molar-refractivity contribution < 1.29 is 19.1 Å². The number of carbonyl (C=O) groups excluding carboxylic acids is 3. The summed E-state index contributed by atoms with van der Waals surface area (Å²) in [5.41, 5.74) is 3.41. The first-order valence-electron chi connectivity index (χ1n) is 11.5. The Hall–Kier alpha value is -3.93. The molecule has 6 heteroatoms. The zero-order valence-electron chi connectivity index (χ0n) is 19.5. The van der Waals surface area contributed by atoms with Crippen LogP contribution in [0.2, 0.25) is 0 Å². The van der Waals surface area contributed by atoms with E-state index in [2.05, 4.69) is 10.6 Å². The van der Waals surface area contributed by atoms with E-state index in [4.69, 9.17) is 4.74 Å². The quantitative estimate of drug-likeness (QED) is 0.333. The molecule has 3 aromatic carbocycles. The van der Waals surface area contributed by atoms with Crippen LogP contribution < -0.4 is 10.6 Å². The molecule has 2 N–H and O–H groups in total. The number of amides is 2. The minimum absolute atomic E-state index is 0.318. The Morgan fingerprint density at radius 3 is 2.15 bits per heavy atom. The molecule has 6 nitrogen and oxygen atoms in total. The molecule has 0 aliphatic carbocycles. The van der Waals surface area contributed by atoms with Gasteiger partial charge in [0.2, 0.25) is 5.91 Å². The van der Waals surface area contributed by atoms with Gasteiger partial charge in [0.05, 0.1) is 12.2 Å². The van der Waals surface area contributed by atoms with Crippen LogP contribution in [0.4, 0.5) is 5.69 Å². The van der Waals surface area contributed by atoms with Crippen LogP contribution in [0, 0.1) is 6.92 Å². The first-order chi connectivity index (χ1) is 16.5. The molecule has 3 aromatic rings. The fraction of sp³-hybridized carbons (Fsp3) is 0.250. The number of esters is 1. The van der Waals surface area contributed by atoms with Crippen LogP contribution in [-0.4, -0.2) is 30.4 Å². The highest BCUT2D eigenvalue weighted by Crippen LogP contribution is 2.13. The van der Waals surface area contributed by atoms with Crippen molar-refractivity contribution in [2.45, 2.75) is 39.2 Å². The van der Waals surface area contributed by atoms with Gasteiger partial charge < -0.3 is 15.4 Å². The Balaban J connectivity index is 1.69. The Labute approximate surface area is 200 Å². The fourth-order valence-corrected chi connectivity index (χ4v) is 3.32.